The summed E-state index contributed by atoms with van der Waals surface area (Å²) in [5, 5.41) is 0. The summed E-state index contributed by atoms with van der Waals surface area (Å²) >= 11 is 0. The molecule has 0 bridgehead atoms. The Morgan fingerprint density at radius 1 is 1.29 bits per heavy atom. The molecule has 0 unspecified atom stereocenters. The Balaban J connectivity index is 2.87. The van der Waals surface area contributed by atoms with Crippen molar-refractivity contribution in [3.63, 3.8) is 0 Å². The quantitative estimate of drug-likeness (QED) is 0.802. The van der Waals surface area contributed by atoms with E-state index in [4.69, 9.17) is 0 Å². The van der Waals surface area contributed by atoms with Gasteiger partial charge >= 0.3 is 0 Å². The van der Waals surface area contributed by atoms with Crippen LogP contribution in [0.2, 0.25) is 0 Å². The largest absolute Gasteiger partial charge is 0.295 e. The molecule has 92 valence electrons. The molecule has 0 fully saturated rings. The number of hydrogen-bond acceptors (Lipinski definition) is 3. The molecule has 1 aromatic carbocycles. The number of hydrogen-bond donors (Lipinski definition) is 1. The molecule has 5 heteroatoms. The molecule has 0 saturated carbocycles. The van der Waals surface area contributed by atoms with Crippen molar-refractivity contribution < 1.29 is 13.2 Å². The summed E-state index contributed by atoms with van der Waals surface area (Å²) in [5.41, 5.74) is 1.30. The summed E-state index contributed by atoms with van der Waals surface area (Å²) in [4.78, 5) is 11.4. The van der Waals surface area contributed by atoms with Crippen molar-refractivity contribution in [2.45, 2.75) is 6.92 Å². The molecule has 0 heterocycles. The molecule has 0 aliphatic carbocycles. The average Bonchev–Trinajstić information content (AvgIpc) is 2.24. The third kappa shape index (κ3) is 5.42. The molecule has 1 aromatic rings. The standard InChI is InChI=1S/C12H15NO3S/c1-10(14)12(9-13-17(2,15)16)8-11-6-4-3-5-7-11/h3-8,13H,9H2,1-2H3/b12-8-. The highest BCUT2D eigenvalue weighted by Crippen LogP contribution is 2.07. The fourth-order valence-electron chi connectivity index (χ4n) is 1.24. The van der Waals surface area contributed by atoms with Crippen LogP contribution in [0.15, 0.2) is 35.9 Å². The Bertz CT molecular complexity index is 518. The van der Waals surface area contributed by atoms with Crippen LogP contribution in [0.4, 0.5) is 0 Å². The molecule has 0 saturated heterocycles. The first kappa shape index (κ1) is 13.6. The van der Waals surface area contributed by atoms with E-state index in [0.717, 1.165) is 11.8 Å². The summed E-state index contributed by atoms with van der Waals surface area (Å²) in [6.07, 6.45) is 2.74. The van der Waals surface area contributed by atoms with E-state index < -0.39 is 10.0 Å². The molecule has 1 rings (SSSR count). The van der Waals surface area contributed by atoms with E-state index in [1.807, 2.05) is 30.3 Å². The first-order valence-corrected chi connectivity index (χ1v) is 6.99. The summed E-state index contributed by atoms with van der Waals surface area (Å²) in [7, 11) is -3.29. The van der Waals surface area contributed by atoms with Gasteiger partial charge in [-0.15, -0.1) is 0 Å². The van der Waals surface area contributed by atoms with Gasteiger partial charge in [-0.2, -0.15) is 0 Å². The van der Waals surface area contributed by atoms with Gasteiger partial charge in [0.1, 0.15) is 0 Å². The molecular formula is C12H15NO3S. The minimum atomic E-state index is -3.29. The van der Waals surface area contributed by atoms with Crippen LogP contribution >= 0.6 is 0 Å². The molecule has 1 N–H and O–H groups in total. The van der Waals surface area contributed by atoms with Crippen molar-refractivity contribution in [1.29, 1.82) is 0 Å². The Morgan fingerprint density at radius 3 is 2.35 bits per heavy atom. The van der Waals surface area contributed by atoms with E-state index in [1.54, 1.807) is 6.08 Å². The van der Waals surface area contributed by atoms with Crippen LogP contribution in [0.5, 0.6) is 0 Å². The van der Waals surface area contributed by atoms with Gasteiger partial charge in [0.2, 0.25) is 10.0 Å². The summed E-state index contributed by atoms with van der Waals surface area (Å²) in [6.45, 7) is 1.43. The highest BCUT2D eigenvalue weighted by Gasteiger charge is 2.07. The van der Waals surface area contributed by atoms with Gasteiger partial charge in [0, 0.05) is 12.1 Å². The number of rotatable bonds is 5. The summed E-state index contributed by atoms with van der Waals surface area (Å²) in [5.74, 6) is -0.148. The maximum absolute atomic E-state index is 11.4. The highest BCUT2D eigenvalue weighted by atomic mass is 32.2. The fraction of sp³-hybridized carbons (Fsp3) is 0.250. The van der Waals surface area contributed by atoms with Gasteiger partial charge < -0.3 is 0 Å². The number of carbonyl (C=O) groups is 1. The summed E-state index contributed by atoms with van der Waals surface area (Å²) in [6, 6.07) is 9.29. The van der Waals surface area contributed by atoms with E-state index in [9.17, 15) is 13.2 Å². The van der Waals surface area contributed by atoms with Gasteiger partial charge in [0.25, 0.3) is 0 Å². The van der Waals surface area contributed by atoms with Crippen molar-refractivity contribution in [3.05, 3.63) is 41.5 Å². The number of benzene rings is 1. The van der Waals surface area contributed by atoms with Gasteiger partial charge in [-0.3, -0.25) is 4.79 Å². The smallest absolute Gasteiger partial charge is 0.209 e. The maximum atomic E-state index is 11.4. The van der Waals surface area contributed by atoms with E-state index in [2.05, 4.69) is 4.72 Å². The third-order valence-corrected chi connectivity index (χ3v) is 2.79. The van der Waals surface area contributed by atoms with E-state index in [-0.39, 0.29) is 12.3 Å². The summed E-state index contributed by atoms with van der Waals surface area (Å²) < 4.78 is 24.2. The van der Waals surface area contributed by atoms with Gasteiger partial charge in [-0.05, 0) is 18.6 Å². The normalized spacial score (nSPS) is 12.5. The fourth-order valence-corrected chi connectivity index (χ4v) is 1.65. The molecule has 4 nitrogen and oxygen atoms in total. The molecule has 0 aliphatic heterocycles. The lowest BCUT2D eigenvalue weighted by Gasteiger charge is -2.04. The predicted octanol–water partition coefficient (Wildman–Crippen LogP) is 1.21. The lowest BCUT2D eigenvalue weighted by molar-refractivity contribution is -0.113. The Labute approximate surface area is 101 Å². The molecule has 0 aromatic heterocycles. The van der Waals surface area contributed by atoms with E-state index in [1.165, 1.54) is 6.92 Å². The van der Waals surface area contributed by atoms with Crippen molar-refractivity contribution in [2.75, 3.05) is 12.8 Å². The molecule has 0 aliphatic rings. The Kier molecular flexibility index (Phi) is 4.60. The SMILES string of the molecule is CC(=O)/C(=C\c1ccccc1)CNS(C)(=O)=O. The van der Waals surface area contributed by atoms with Crippen LogP contribution in [-0.2, 0) is 14.8 Å². The van der Waals surface area contributed by atoms with Crippen LogP contribution in [-0.4, -0.2) is 27.0 Å². The van der Waals surface area contributed by atoms with Crippen LogP contribution in [0.3, 0.4) is 0 Å². The van der Waals surface area contributed by atoms with Crippen LogP contribution in [0.1, 0.15) is 12.5 Å². The molecule has 0 amide bonds. The van der Waals surface area contributed by atoms with Crippen LogP contribution in [0.25, 0.3) is 6.08 Å². The van der Waals surface area contributed by atoms with Crippen LogP contribution in [0, 0.1) is 0 Å². The lowest BCUT2D eigenvalue weighted by atomic mass is 10.1. The maximum Gasteiger partial charge on any atom is 0.209 e. The molecular weight excluding hydrogens is 238 g/mol. The van der Waals surface area contributed by atoms with Crippen molar-refractivity contribution in [1.82, 2.24) is 4.72 Å². The molecule has 0 spiro atoms. The molecule has 0 radical (unpaired) electrons. The Morgan fingerprint density at radius 2 is 1.88 bits per heavy atom. The van der Waals surface area contributed by atoms with Gasteiger partial charge in [0.15, 0.2) is 5.78 Å². The Hall–Kier alpha value is -1.46. The lowest BCUT2D eigenvalue weighted by Crippen LogP contribution is -2.26. The molecule has 0 atom stereocenters. The second-order valence-electron chi connectivity index (χ2n) is 3.73. The van der Waals surface area contributed by atoms with Crippen molar-refractivity contribution in [3.8, 4) is 0 Å². The van der Waals surface area contributed by atoms with E-state index in [0.29, 0.717) is 5.57 Å². The second-order valence-corrected chi connectivity index (χ2v) is 5.56. The van der Waals surface area contributed by atoms with Crippen molar-refractivity contribution >= 4 is 21.9 Å². The van der Waals surface area contributed by atoms with Crippen LogP contribution < -0.4 is 4.72 Å². The zero-order chi connectivity index (χ0) is 12.9. The van der Waals surface area contributed by atoms with Gasteiger partial charge in [-0.25, -0.2) is 13.1 Å². The highest BCUT2D eigenvalue weighted by molar-refractivity contribution is 7.88. The third-order valence-electron chi connectivity index (χ3n) is 2.12. The van der Waals surface area contributed by atoms with Gasteiger partial charge in [-0.1, -0.05) is 30.3 Å². The molecule has 17 heavy (non-hydrogen) atoms. The first-order valence-electron chi connectivity index (χ1n) is 5.09. The average molecular weight is 253 g/mol. The number of nitrogens with one attached hydrogen (secondary N) is 1. The number of ketones is 1. The monoisotopic (exact) mass is 253 g/mol. The first-order chi connectivity index (χ1) is 7.88. The number of sulfonamides is 1. The predicted molar refractivity (Wildman–Crippen MR) is 67.9 cm³/mol. The minimum Gasteiger partial charge on any atom is -0.295 e. The zero-order valence-corrected chi connectivity index (χ0v) is 10.6. The van der Waals surface area contributed by atoms with Crippen molar-refractivity contribution in [2.24, 2.45) is 0 Å². The minimum absolute atomic E-state index is 0.0169. The van der Waals surface area contributed by atoms with E-state index >= 15 is 0 Å². The topological polar surface area (TPSA) is 63.2 Å². The number of carbonyl (C=O) groups excluding carboxylic acids is 1. The second kappa shape index (κ2) is 5.75. The van der Waals surface area contributed by atoms with Gasteiger partial charge in [0.05, 0.1) is 6.26 Å². The number of Topliss-reactive ketones (excluding diaryl/α,β-unsaturated/α-hetero) is 1. The zero-order valence-electron chi connectivity index (χ0n) is 9.80.